The molecule has 1 aliphatic rings. The van der Waals surface area contributed by atoms with Crippen LogP contribution in [0.25, 0.3) is 11.3 Å². The number of aliphatic hydroxyl groups is 1. The van der Waals surface area contributed by atoms with Crippen LogP contribution in [0, 0.1) is 18.6 Å². The van der Waals surface area contributed by atoms with Gasteiger partial charge >= 0.3 is 0 Å². The average Bonchev–Trinajstić information content (AvgIpc) is 3.49. The number of hydrogen-bond acceptors (Lipinski definition) is 9. The van der Waals surface area contributed by atoms with Crippen molar-refractivity contribution in [3.8, 4) is 11.3 Å². The molecule has 38 heavy (non-hydrogen) atoms. The van der Waals surface area contributed by atoms with Crippen molar-refractivity contribution in [3.05, 3.63) is 53.0 Å². The molecular weight excluding hydrogens is 518 g/mol. The highest BCUT2D eigenvalue weighted by Crippen LogP contribution is 2.48. The van der Waals surface area contributed by atoms with Crippen LogP contribution in [0.3, 0.4) is 0 Å². The molecule has 1 aromatic carbocycles. The minimum absolute atomic E-state index is 0.0585. The van der Waals surface area contributed by atoms with Gasteiger partial charge in [0.05, 0.1) is 22.9 Å². The molecule has 0 spiro atoms. The summed E-state index contributed by atoms with van der Waals surface area (Å²) in [6.07, 6.45) is 4.38. The van der Waals surface area contributed by atoms with Gasteiger partial charge in [-0.05, 0) is 37.8 Å². The largest absolute Gasteiger partial charge is 0.390 e. The predicted molar refractivity (Wildman–Crippen MR) is 136 cm³/mol. The fourth-order valence-electron chi connectivity index (χ4n) is 4.30. The lowest BCUT2D eigenvalue weighted by Gasteiger charge is -2.22. The van der Waals surface area contributed by atoms with E-state index >= 15 is 8.78 Å². The molecule has 0 aliphatic heterocycles. The number of nitrogens with zero attached hydrogens (tertiary/aromatic N) is 6. The number of hydrogen-bond donors (Lipinski definition) is 3. The highest BCUT2D eigenvalue weighted by molar-refractivity contribution is 7.90. The van der Waals surface area contributed by atoms with Gasteiger partial charge in [-0.25, -0.2) is 22.2 Å². The van der Waals surface area contributed by atoms with Gasteiger partial charge in [0.15, 0.2) is 27.3 Å². The fourth-order valence-corrected chi connectivity index (χ4v) is 4.93. The fraction of sp³-hybridized carbons (Fsp3) is 0.333. The topological polar surface area (TPSA) is 142 Å². The summed E-state index contributed by atoms with van der Waals surface area (Å²) >= 11 is 0. The normalized spacial score (nSPS) is 13.7. The van der Waals surface area contributed by atoms with Gasteiger partial charge in [0.2, 0.25) is 5.95 Å². The van der Waals surface area contributed by atoms with Gasteiger partial charge in [-0.15, -0.1) is 0 Å². The third-order valence-electron chi connectivity index (χ3n) is 6.24. The molecule has 0 radical (unpaired) electrons. The van der Waals surface area contributed by atoms with E-state index in [-0.39, 0.29) is 18.5 Å². The second-order valence-corrected chi connectivity index (χ2v) is 11.4. The molecule has 11 nitrogen and oxygen atoms in total. The number of nitrogens with one attached hydrogen (secondary N) is 2. The van der Waals surface area contributed by atoms with Crippen LogP contribution < -0.4 is 10.2 Å². The molecule has 0 amide bonds. The lowest BCUT2D eigenvalue weighted by atomic mass is 10.0. The molecule has 3 aromatic heterocycles. The van der Waals surface area contributed by atoms with E-state index in [2.05, 4.69) is 25.6 Å². The Morgan fingerprint density at radius 1 is 1.21 bits per heavy atom. The first-order valence-electron chi connectivity index (χ1n) is 11.7. The summed E-state index contributed by atoms with van der Waals surface area (Å²) in [6, 6.07) is 3.31. The third-order valence-corrected chi connectivity index (χ3v) is 7.33. The summed E-state index contributed by atoms with van der Waals surface area (Å²) in [5.41, 5.74) is 2.49. The number of aryl methyl sites for hydroxylation is 2. The maximum absolute atomic E-state index is 15.1. The van der Waals surface area contributed by atoms with E-state index in [9.17, 15) is 13.5 Å². The number of aromatic nitrogens is 6. The Bertz CT molecular complexity index is 1620. The number of anilines is 4. The molecule has 0 bridgehead atoms. The zero-order chi connectivity index (χ0) is 27.4. The molecule has 0 unspecified atom stereocenters. The second-order valence-electron chi connectivity index (χ2n) is 9.36. The van der Waals surface area contributed by atoms with Crippen LogP contribution in [0.1, 0.15) is 35.7 Å². The van der Waals surface area contributed by atoms with Crippen molar-refractivity contribution < 1.29 is 22.3 Å². The molecule has 3 N–H and O–H groups in total. The minimum atomic E-state index is -3.83. The second kappa shape index (κ2) is 9.44. The van der Waals surface area contributed by atoms with E-state index in [1.165, 1.54) is 7.05 Å². The Morgan fingerprint density at radius 3 is 2.45 bits per heavy atom. The van der Waals surface area contributed by atoms with Crippen LogP contribution in [-0.2, 0) is 23.5 Å². The van der Waals surface area contributed by atoms with Gasteiger partial charge in [0.25, 0.3) is 0 Å². The van der Waals surface area contributed by atoms with Gasteiger partial charge < -0.3 is 15.3 Å². The Hall–Kier alpha value is -3.91. The first-order valence-corrected chi connectivity index (χ1v) is 13.6. The molecule has 14 heteroatoms. The number of sulfone groups is 1. The lowest BCUT2D eigenvalue weighted by Crippen LogP contribution is -2.19. The van der Waals surface area contributed by atoms with Crippen molar-refractivity contribution in [1.29, 1.82) is 0 Å². The van der Waals surface area contributed by atoms with Crippen molar-refractivity contribution in [3.63, 3.8) is 0 Å². The monoisotopic (exact) mass is 544 g/mol. The highest BCUT2D eigenvalue weighted by Gasteiger charge is 2.34. The van der Waals surface area contributed by atoms with Crippen LogP contribution in [0.2, 0.25) is 0 Å². The number of aliphatic hydroxyl groups excluding tert-OH is 1. The van der Waals surface area contributed by atoms with Gasteiger partial charge in [0.1, 0.15) is 11.5 Å². The standard InChI is InChI=1S/C24H26F2N8O3S/c1-12-7-19(31-30-12)27-23-20(13-5-6-13)21(15-10-33(2)32-18(15)11-35)28-24(29-23)34(3)22-16(25)8-14(9-17(22)26)38(4,36)37/h7-10,13,35H,5-6,11H2,1-4H3,(H2,27,28,29,30,31). The SMILES string of the molecule is Cc1cc(Nc2nc(N(C)c3c(F)cc(S(C)(=O)=O)cc3F)nc(-c3cn(C)nc3CO)c2C2CC2)n[nH]1. The van der Waals surface area contributed by atoms with E-state index in [1.807, 2.05) is 6.92 Å². The first-order chi connectivity index (χ1) is 18.0. The summed E-state index contributed by atoms with van der Waals surface area (Å²) in [5, 5.41) is 24.5. The molecular formula is C24H26F2N8O3S. The highest BCUT2D eigenvalue weighted by atomic mass is 32.2. The minimum Gasteiger partial charge on any atom is -0.390 e. The van der Waals surface area contributed by atoms with E-state index in [1.54, 1.807) is 24.0 Å². The van der Waals surface area contributed by atoms with Crippen LogP contribution in [0.5, 0.6) is 0 Å². The van der Waals surface area contributed by atoms with Crippen LogP contribution in [0.4, 0.5) is 32.1 Å². The molecule has 0 saturated heterocycles. The lowest BCUT2D eigenvalue weighted by molar-refractivity contribution is 0.276. The van der Waals surface area contributed by atoms with Crippen molar-refractivity contribution >= 4 is 33.1 Å². The zero-order valence-electron chi connectivity index (χ0n) is 21.1. The number of benzene rings is 1. The van der Waals surface area contributed by atoms with Crippen LogP contribution in [0.15, 0.2) is 29.3 Å². The van der Waals surface area contributed by atoms with Crippen LogP contribution in [-0.4, -0.2) is 56.8 Å². The average molecular weight is 545 g/mol. The number of H-pyrrole nitrogens is 1. The van der Waals surface area contributed by atoms with Gasteiger partial charge in [-0.3, -0.25) is 9.78 Å². The molecule has 5 rings (SSSR count). The summed E-state index contributed by atoms with van der Waals surface area (Å²) in [5.74, 6) is -1.21. The quantitative estimate of drug-likeness (QED) is 0.304. The van der Waals surface area contributed by atoms with Crippen LogP contribution >= 0.6 is 0 Å². The van der Waals surface area contributed by atoms with Crippen molar-refractivity contribution in [2.45, 2.75) is 37.2 Å². The first kappa shape index (κ1) is 25.7. The van der Waals surface area contributed by atoms with E-state index in [4.69, 9.17) is 4.98 Å². The van der Waals surface area contributed by atoms with E-state index in [0.717, 1.165) is 47.4 Å². The smallest absolute Gasteiger partial charge is 0.232 e. The third kappa shape index (κ3) is 4.84. The van der Waals surface area contributed by atoms with Gasteiger partial charge in [0, 0.05) is 49.4 Å². The summed E-state index contributed by atoms with van der Waals surface area (Å²) in [7, 11) is -0.732. The Balaban J connectivity index is 1.72. The van der Waals surface area contributed by atoms with Gasteiger partial charge in [-0.2, -0.15) is 15.2 Å². The Morgan fingerprint density at radius 2 is 1.89 bits per heavy atom. The molecule has 1 saturated carbocycles. The molecule has 1 aliphatic carbocycles. The molecule has 1 fully saturated rings. The number of rotatable bonds is 8. The van der Waals surface area contributed by atoms with E-state index < -0.39 is 32.1 Å². The summed E-state index contributed by atoms with van der Waals surface area (Å²) < 4.78 is 55.5. The van der Waals surface area contributed by atoms with E-state index in [0.29, 0.717) is 28.6 Å². The maximum atomic E-state index is 15.1. The molecule has 4 aromatic rings. The summed E-state index contributed by atoms with van der Waals surface area (Å²) in [6.45, 7) is 1.51. The Kier molecular flexibility index (Phi) is 6.39. The molecule has 3 heterocycles. The summed E-state index contributed by atoms with van der Waals surface area (Å²) in [4.78, 5) is 9.96. The molecule has 0 atom stereocenters. The van der Waals surface area contributed by atoms with Crippen molar-refractivity contribution in [2.75, 3.05) is 23.5 Å². The number of halogens is 2. The van der Waals surface area contributed by atoms with Crippen molar-refractivity contribution in [1.82, 2.24) is 29.9 Å². The van der Waals surface area contributed by atoms with Gasteiger partial charge in [-0.1, -0.05) is 0 Å². The molecule has 200 valence electrons. The van der Waals surface area contributed by atoms with Crippen molar-refractivity contribution in [2.24, 2.45) is 7.05 Å². The Labute approximate surface area is 217 Å². The number of aromatic amines is 1. The maximum Gasteiger partial charge on any atom is 0.232 e. The zero-order valence-corrected chi connectivity index (χ0v) is 21.9. The predicted octanol–water partition coefficient (Wildman–Crippen LogP) is 3.47.